The maximum absolute atomic E-state index is 13.0. The summed E-state index contributed by atoms with van der Waals surface area (Å²) in [5.41, 5.74) is 2.49. The first-order valence-corrected chi connectivity index (χ1v) is 12.0. The largest absolute Gasteiger partial charge is 0.496 e. The summed E-state index contributed by atoms with van der Waals surface area (Å²) in [6.45, 7) is 12.7. The molecule has 2 aromatic rings. The van der Waals surface area contributed by atoms with Gasteiger partial charge in [-0.2, -0.15) is 0 Å². The molecular formula is C27H37ClN2O2. The van der Waals surface area contributed by atoms with Gasteiger partial charge in [0.2, 0.25) is 5.91 Å². The van der Waals surface area contributed by atoms with Crippen molar-refractivity contribution in [2.24, 2.45) is 17.8 Å². The topological polar surface area (TPSA) is 32.8 Å². The van der Waals surface area contributed by atoms with Crippen molar-refractivity contribution in [3.8, 4) is 5.75 Å². The molecule has 0 radical (unpaired) electrons. The summed E-state index contributed by atoms with van der Waals surface area (Å²) in [4.78, 5) is 17.6. The molecule has 0 spiro atoms. The Morgan fingerprint density at radius 3 is 2.41 bits per heavy atom. The van der Waals surface area contributed by atoms with Crippen LogP contribution >= 0.6 is 11.6 Å². The molecule has 32 heavy (non-hydrogen) atoms. The summed E-state index contributed by atoms with van der Waals surface area (Å²) in [5.74, 6) is 2.28. The van der Waals surface area contributed by atoms with E-state index in [1.165, 1.54) is 11.1 Å². The van der Waals surface area contributed by atoms with Crippen LogP contribution in [0.4, 0.5) is 0 Å². The van der Waals surface area contributed by atoms with Crippen LogP contribution in [-0.2, 0) is 11.3 Å². The summed E-state index contributed by atoms with van der Waals surface area (Å²) in [6, 6.07) is 16.4. The predicted molar refractivity (Wildman–Crippen MR) is 132 cm³/mol. The molecule has 1 aliphatic rings. The van der Waals surface area contributed by atoms with E-state index >= 15 is 0 Å². The van der Waals surface area contributed by atoms with Gasteiger partial charge < -0.3 is 9.64 Å². The van der Waals surface area contributed by atoms with Crippen molar-refractivity contribution in [3.63, 3.8) is 0 Å². The van der Waals surface area contributed by atoms with Crippen molar-refractivity contribution in [2.45, 2.75) is 40.2 Å². The quantitative estimate of drug-likeness (QED) is 0.484. The van der Waals surface area contributed by atoms with E-state index in [1.807, 2.05) is 38.1 Å². The molecule has 1 heterocycles. The van der Waals surface area contributed by atoms with Crippen molar-refractivity contribution in [1.82, 2.24) is 9.80 Å². The molecule has 1 saturated heterocycles. The zero-order valence-electron chi connectivity index (χ0n) is 20.1. The van der Waals surface area contributed by atoms with E-state index in [2.05, 4.69) is 47.9 Å². The first-order chi connectivity index (χ1) is 15.3. The Balaban J connectivity index is 1.86. The van der Waals surface area contributed by atoms with Gasteiger partial charge in [-0.15, -0.1) is 0 Å². The molecule has 2 aromatic carbocycles. The molecule has 0 aliphatic carbocycles. The third-order valence-corrected chi connectivity index (χ3v) is 6.47. The van der Waals surface area contributed by atoms with Gasteiger partial charge in [0.05, 0.1) is 7.11 Å². The van der Waals surface area contributed by atoms with Crippen LogP contribution in [0.3, 0.4) is 0 Å². The number of hydrogen-bond acceptors (Lipinski definition) is 3. The van der Waals surface area contributed by atoms with E-state index in [4.69, 9.17) is 16.3 Å². The average molecular weight is 457 g/mol. The maximum Gasteiger partial charge on any atom is 0.225 e. The van der Waals surface area contributed by atoms with Crippen molar-refractivity contribution >= 4 is 17.5 Å². The van der Waals surface area contributed by atoms with E-state index in [1.54, 1.807) is 7.11 Å². The molecule has 0 N–H and O–H groups in total. The number of likely N-dealkylation sites (tertiary alicyclic amines) is 1. The van der Waals surface area contributed by atoms with Gasteiger partial charge >= 0.3 is 0 Å². The second kappa shape index (κ2) is 11.2. The van der Waals surface area contributed by atoms with Crippen LogP contribution in [0.2, 0.25) is 5.02 Å². The van der Waals surface area contributed by atoms with Crippen LogP contribution in [0.15, 0.2) is 48.5 Å². The fourth-order valence-corrected chi connectivity index (χ4v) is 4.92. The molecule has 1 fully saturated rings. The molecule has 0 saturated carbocycles. The number of rotatable bonds is 9. The third kappa shape index (κ3) is 6.26. The van der Waals surface area contributed by atoms with Gasteiger partial charge in [-0.25, -0.2) is 0 Å². The number of ether oxygens (including phenoxy) is 1. The molecule has 1 aliphatic heterocycles. The number of hydrogen-bond donors (Lipinski definition) is 0. The molecule has 3 rings (SSSR count). The Kier molecular flexibility index (Phi) is 8.61. The first kappa shape index (κ1) is 24.6. The zero-order chi connectivity index (χ0) is 23.3. The van der Waals surface area contributed by atoms with E-state index < -0.39 is 0 Å². The average Bonchev–Trinajstić information content (AvgIpc) is 3.15. The van der Waals surface area contributed by atoms with Crippen LogP contribution in [0.1, 0.15) is 44.7 Å². The minimum absolute atomic E-state index is 0.00466. The molecule has 2 unspecified atom stereocenters. The Bertz CT molecular complexity index is 881. The van der Waals surface area contributed by atoms with Gasteiger partial charge in [0, 0.05) is 49.6 Å². The number of carbonyl (C=O) groups is 1. The SMILES string of the molecule is COc1ccccc1C1CN(Cc2ccc(Cl)cc2)CC1CN(CC(C)C)C(=O)C(C)C. The molecule has 5 heteroatoms. The van der Waals surface area contributed by atoms with E-state index in [-0.39, 0.29) is 11.8 Å². The zero-order valence-corrected chi connectivity index (χ0v) is 20.8. The molecule has 0 bridgehead atoms. The number of amides is 1. The van der Waals surface area contributed by atoms with Crippen molar-refractivity contribution in [1.29, 1.82) is 0 Å². The number of benzene rings is 2. The molecule has 0 aromatic heterocycles. The van der Waals surface area contributed by atoms with Crippen LogP contribution in [0.25, 0.3) is 0 Å². The van der Waals surface area contributed by atoms with Gasteiger partial charge in [-0.05, 0) is 41.2 Å². The smallest absolute Gasteiger partial charge is 0.225 e. The van der Waals surface area contributed by atoms with Gasteiger partial charge in [0.1, 0.15) is 5.75 Å². The molecule has 174 valence electrons. The summed E-state index contributed by atoms with van der Waals surface area (Å²) in [5, 5.41) is 0.761. The third-order valence-electron chi connectivity index (χ3n) is 6.22. The Morgan fingerprint density at radius 1 is 1.09 bits per heavy atom. The molecule has 4 nitrogen and oxygen atoms in total. The number of para-hydroxylation sites is 1. The number of halogens is 1. The van der Waals surface area contributed by atoms with E-state index in [0.29, 0.717) is 17.8 Å². The summed E-state index contributed by atoms with van der Waals surface area (Å²) >= 11 is 6.08. The van der Waals surface area contributed by atoms with Gasteiger partial charge in [0.25, 0.3) is 0 Å². The lowest BCUT2D eigenvalue weighted by atomic mass is 9.87. The number of nitrogens with zero attached hydrogens (tertiary/aromatic N) is 2. The highest BCUT2D eigenvalue weighted by molar-refractivity contribution is 6.30. The second-order valence-electron chi connectivity index (χ2n) is 9.72. The normalized spacial score (nSPS) is 19.0. The standard InChI is InChI=1S/C27H37ClN2O2/c1-19(2)14-30(27(31)20(3)4)17-22-16-29(15-21-10-12-23(28)13-11-21)18-25(22)24-8-6-7-9-26(24)32-5/h6-13,19-20,22,25H,14-18H2,1-5H3. The monoisotopic (exact) mass is 456 g/mol. The Hall–Kier alpha value is -2.04. The Morgan fingerprint density at radius 2 is 1.78 bits per heavy atom. The van der Waals surface area contributed by atoms with Crippen molar-refractivity contribution < 1.29 is 9.53 Å². The van der Waals surface area contributed by atoms with Gasteiger partial charge in [-0.1, -0.05) is 69.6 Å². The molecule has 2 atom stereocenters. The fourth-order valence-electron chi connectivity index (χ4n) is 4.79. The highest BCUT2D eigenvalue weighted by atomic mass is 35.5. The van der Waals surface area contributed by atoms with Gasteiger partial charge in [-0.3, -0.25) is 9.69 Å². The fraction of sp³-hybridized carbons (Fsp3) is 0.519. The van der Waals surface area contributed by atoms with Crippen LogP contribution < -0.4 is 4.74 Å². The molecular weight excluding hydrogens is 420 g/mol. The lowest BCUT2D eigenvalue weighted by Crippen LogP contribution is -2.41. The van der Waals surface area contributed by atoms with Crippen LogP contribution in [0.5, 0.6) is 5.75 Å². The summed E-state index contributed by atoms with van der Waals surface area (Å²) in [6.07, 6.45) is 0. The minimum Gasteiger partial charge on any atom is -0.496 e. The first-order valence-electron chi connectivity index (χ1n) is 11.7. The van der Waals surface area contributed by atoms with Crippen LogP contribution in [0, 0.1) is 17.8 Å². The second-order valence-corrected chi connectivity index (χ2v) is 10.2. The van der Waals surface area contributed by atoms with Crippen LogP contribution in [-0.4, -0.2) is 49.0 Å². The number of methoxy groups -OCH3 is 1. The molecule has 1 amide bonds. The minimum atomic E-state index is 0.00466. The number of carbonyl (C=O) groups excluding carboxylic acids is 1. The lowest BCUT2D eigenvalue weighted by Gasteiger charge is -2.31. The highest BCUT2D eigenvalue weighted by Crippen LogP contribution is 2.38. The Labute approximate surface area is 198 Å². The summed E-state index contributed by atoms with van der Waals surface area (Å²) in [7, 11) is 1.74. The van der Waals surface area contributed by atoms with E-state index in [9.17, 15) is 4.79 Å². The van der Waals surface area contributed by atoms with E-state index in [0.717, 1.165) is 43.5 Å². The highest BCUT2D eigenvalue weighted by Gasteiger charge is 2.37. The van der Waals surface area contributed by atoms with Crippen molar-refractivity contribution in [2.75, 3.05) is 33.3 Å². The van der Waals surface area contributed by atoms with Gasteiger partial charge in [0.15, 0.2) is 0 Å². The summed E-state index contributed by atoms with van der Waals surface area (Å²) < 4.78 is 5.71. The predicted octanol–water partition coefficient (Wildman–Crippen LogP) is 5.70. The lowest BCUT2D eigenvalue weighted by molar-refractivity contribution is -0.135. The van der Waals surface area contributed by atoms with Crippen molar-refractivity contribution in [3.05, 3.63) is 64.7 Å². The maximum atomic E-state index is 13.0.